The van der Waals surface area contributed by atoms with Crippen molar-refractivity contribution < 1.29 is 24.9 Å². The predicted octanol–water partition coefficient (Wildman–Crippen LogP) is 0.687. The molecule has 3 N–H and O–H groups in total. The summed E-state index contributed by atoms with van der Waals surface area (Å²) in [6.07, 6.45) is 0.201. The lowest BCUT2D eigenvalue weighted by molar-refractivity contribution is -0.220. The highest BCUT2D eigenvalue weighted by Gasteiger charge is 2.59. The molecule has 0 bridgehead atoms. The van der Waals surface area contributed by atoms with Crippen molar-refractivity contribution in [1.29, 1.82) is 0 Å². The number of carbonyl (C=O) groups excluding carboxylic acids is 1. The average Bonchev–Trinajstić information content (AvgIpc) is 2.59. The fourth-order valence-corrected chi connectivity index (χ4v) is 2.95. The van der Waals surface area contributed by atoms with Gasteiger partial charge in [0.05, 0.1) is 11.7 Å². The molecule has 0 unspecified atom stereocenters. The lowest BCUT2D eigenvalue weighted by atomic mass is 9.73. The topological polar surface area (TPSA) is 87.0 Å². The molecule has 0 radical (unpaired) electrons. The molecule has 5 nitrogen and oxygen atoms in total. The molecule has 2 aliphatic rings. The van der Waals surface area contributed by atoms with Crippen LogP contribution in [0, 0.1) is 5.92 Å². The van der Waals surface area contributed by atoms with Gasteiger partial charge in [-0.2, -0.15) is 0 Å². The van der Waals surface area contributed by atoms with Crippen LogP contribution in [0.5, 0.6) is 0 Å². The van der Waals surface area contributed by atoms with E-state index in [4.69, 9.17) is 4.74 Å². The van der Waals surface area contributed by atoms with E-state index in [1.54, 1.807) is 13.8 Å². The number of hydrogen-bond acceptors (Lipinski definition) is 5. The molecule has 0 spiro atoms. The van der Waals surface area contributed by atoms with Gasteiger partial charge in [-0.3, -0.25) is 4.79 Å². The van der Waals surface area contributed by atoms with Crippen molar-refractivity contribution in [3.8, 4) is 0 Å². The van der Waals surface area contributed by atoms with Gasteiger partial charge in [0.2, 0.25) is 5.78 Å². The summed E-state index contributed by atoms with van der Waals surface area (Å²) >= 11 is 0. The summed E-state index contributed by atoms with van der Waals surface area (Å²) < 4.78 is 5.43. The second-order valence-corrected chi connectivity index (χ2v) is 6.28. The largest absolute Gasteiger partial charge is 0.387 e. The Labute approximate surface area is 118 Å². The first-order valence-electron chi connectivity index (χ1n) is 6.79. The third-order valence-electron chi connectivity index (χ3n) is 4.25. The summed E-state index contributed by atoms with van der Waals surface area (Å²) in [6, 6.07) is 0. The Kier molecular flexibility index (Phi) is 3.67. The summed E-state index contributed by atoms with van der Waals surface area (Å²) in [5, 5.41) is 30.7. The molecule has 2 fully saturated rings. The van der Waals surface area contributed by atoms with Gasteiger partial charge < -0.3 is 20.1 Å². The van der Waals surface area contributed by atoms with Gasteiger partial charge >= 0.3 is 0 Å². The number of hydrogen-bond donors (Lipinski definition) is 3. The van der Waals surface area contributed by atoms with Gasteiger partial charge in [0, 0.05) is 5.92 Å². The molecule has 1 saturated carbocycles. The SMILES string of the molecule is C=C1[C@H]2CC[C@](C)(O)[C@H](O)[C@H]2O[C@]1(O)C(=O)C=C(C)C. The average molecular weight is 282 g/mol. The smallest absolute Gasteiger partial charge is 0.254 e. The maximum atomic E-state index is 12.1. The maximum absolute atomic E-state index is 12.1. The molecule has 20 heavy (non-hydrogen) atoms. The number of fused-ring (bicyclic) bond motifs is 1. The van der Waals surface area contributed by atoms with E-state index < -0.39 is 29.4 Å². The maximum Gasteiger partial charge on any atom is 0.254 e. The van der Waals surface area contributed by atoms with Crippen LogP contribution in [0.2, 0.25) is 0 Å². The lowest BCUT2D eigenvalue weighted by Gasteiger charge is -2.40. The molecular formula is C15H22O5. The Morgan fingerprint density at radius 1 is 1.45 bits per heavy atom. The zero-order chi connectivity index (χ0) is 15.3. The summed E-state index contributed by atoms with van der Waals surface area (Å²) in [7, 11) is 0. The Morgan fingerprint density at radius 3 is 2.60 bits per heavy atom. The molecule has 5 atom stereocenters. The van der Waals surface area contributed by atoms with Crippen LogP contribution in [0.1, 0.15) is 33.6 Å². The van der Waals surface area contributed by atoms with Crippen LogP contribution in [0.3, 0.4) is 0 Å². The molecule has 1 aliphatic carbocycles. The molecule has 1 heterocycles. The van der Waals surface area contributed by atoms with E-state index in [0.29, 0.717) is 12.8 Å². The Balaban J connectivity index is 2.32. The quantitative estimate of drug-likeness (QED) is 0.512. The fraction of sp³-hybridized carbons (Fsp3) is 0.667. The van der Waals surface area contributed by atoms with Crippen molar-refractivity contribution in [3.05, 3.63) is 23.8 Å². The van der Waals surface area contributed by atoms with Crippen molar-refractivity contribution in [2.45, 2.75) is 57.2 Å². The molecule has 0 aromatic rings. The zero-order valence-electron chi connectivity index (χ0n) is 12.1. The predicted molar refractivity (Wildman–Crippen MR) is 72.8 cm³/mol. The van der Waals surface area contributed by atoms with Crippen LogP contribution < -0.4 is 0 Å². The molecule has 112 valence electrons. The zero-order valence-corrected chi connectivity index (χ0v) is 12.1. The Bertz CT molecular complexity index is 475. The molecule has 0 aromatic heterocycles. The monoisotopic (exact) mass is 282 g/mol. The van der Waals surface area contributed by atoms with E-state index in [1.807, 2.05) is 0 Å². The Hall–Kier alpha value is -1.01. The number of rotatable bonds is 2. The first-order chi connectivity index (χ1) is 9.09. The highest BCUT2D eigenvalue weighted by molar-refractivity contribution is 5.99. The Morgan fingerprint density at radius 2 is 2.05 bits per heavy atom. The molecule has 0 aromatic carbocycles. The van der Waals surface area contributed by atoms with Crippen molar-refractivity contribution in [2.24, 2.45) is 5.92 Å². The number of aliphatic hydroxyl groups is 3. The molecule has 5 heteroatoms. The van der Waals surface area contributed by atoms with Crippen molar-refractivity contribution in [1.82, 2.24) is 0 Å². The summed E-state index contributed by atoms with van der Waals surface area (Å²) in [6.45, 7) is 8.79. The van der Waals surface area contributed by atoms with E-state index >= 15 is 0 Å². The van der Waals surface area contributed by atoms with Gasteiger partial charge in [0.15, 0.2) is 0 Å². The van der Waals surface area contributed by atoms with Crippen LogP contribution in [0.4, 0.5) is 0 Å². The first-order valence-corrected chi connectivity index (χ1v) is 6.79. The lowest BCUT2D eigenvalue weighted by Crippen LogP contribution is -2.53. The number of ether oxygens (including phenoxy) is 1. The summed E-state index contributed by atoms with van der Waals surface area (Å²) in [4.78, 5) is 12.1. The van der Waals surface area contributed by atoms with E-state index in [0.717, 1.165) is 5.57 Å². The third kappa shape index (κ3) is 2.24. The number of allylic oxidation sites excluding steroid dienone is 1. The van der Waals surface area contributed by atoms with Crippen LogP contribution >= 0.6 is 0 Å². The van der Waals surface area contributed by atoms with Gasteiger partial charge in [0.25, 0.3) is 5.79 Å². The highest BCUT2D eigenvalue weighted by atomic mass is 16.6. The van der Waals surface area contributed by atoms with E-state index in [9.17, 15) is 20.1 Å². The summed E-state index contributed by atoms with van der Waals surface area (Å²) in [5.41, 5.74) is -0.284. The highest BCUT2D eigenvalue weighted by Crippen LogP contribution is 2.48. The van der Waals surface area contributed by atoms with E-state index in [2.05, 4.69) is 6.58 Å². The van der Waals surface area contributed by atoms with Crippen molar-refractivity contribution >= 4 is 5.78 Å². The molecule has 2 rings (SSSR count). The van der Waals surface area contributed by atoms with Crippen molar-refractivity contribution in [2.75, 3.05) is 0 Å². The molecule has 1 saturated heterocycles. The minimum atomic E-state index is -2.10. The van der Waals surface area contributed by atoms with Gasteiger partial charge in [-0.25, -0.2) is 0 Å². The third-order valence-corrected chi connectivity index (χ3v) is 4.25. The van der Waals surface area contributed by atoms with Crippen LogP contribution in [0.15, 0.2) is 23.8 Å². The normalized spacial score (nSPS) is 44.1. The summed E-state index contributed by atoms with van der Waals surface area (Å²) in [5.74, 6) is -3.03. The van der Waals surface area contributed by atoms with E-state index in [-0.39, 0.29) is 11.5 Å². The van der Waals surface area contributed by atoms with Gasteiger partial charge in [-0.05, 0) is 45.3 Å². The van der Waals surface area contributed by atoms with E-state index in [1.165, 1.54) is 13.0 Å². The molecular weight excluding hydrogens is 260 g/mol. The first kappa shape index (κ1) is 15.4. The van der Waals surface area contributed by atoms with Crippen LogP contribution in [-0.4, -0.2) is 44.7 Å². The second-order valence-electron chi connectivity index (χ2n) is 6.28. The molecule has 0 amide bonds. The minimum Gasteiger partial charge on any atom is -0.387 e. The van der Waals surface area contributed by atoms with Gasteiger partial charge in [-0.15, -0.1) is 0 Å². The van der Waals surface area contributed by atoms with Crippen molar-refractivity contribution in [3.63, 3.8) is 0 Å². The fourth-order valence-electron chi connectivity index (χ4n) is 2.95. The minimum absolute atomic E-state index is 0.263. The van der Waals surface area contributed by atoms with Gasteiger partial charge in [0.1, 0.15) is 6.10 Å². The van der Waals surface area contributed by atoms with Crippen LogP contribution in [0.25, 0.3) is 0 Å². The standard InChI is InChI=1S/C15H22O5/c1-8(2)7-11(16)15(19)9(3)10-5-6-14(4,18)13(17)12(10)20-15/h7,10,12-13,17-19H,3,5-6H2,1-2,4H3/t10-,12+,13-,14+,15+/m1/s1. The number of aliphatic hydroxyl groups excluding tert-OH is 1. The van der Waals surface area contributed by atoms with Crippen LogP contribution in [-0.2, 0) is 9.53 Å². The second kappa shape index (κ2) is 4.77. The van der Waals surface area contributed by atoms with Gasteiger partial charge in [-0.1, -0.05) is 12.2 Å². The number of carbonyl (C=O) groups is 1. The number of ketones is 1. The molecule has 1 aliphatic heterocycles.